The smallest absolute Gasteiger partial charge is 0.416 e. The first kappa shape index (κ1) is 29.2. The van der Waals surface area contributed by atoms with E-state index in [0.29, 0.717) is 24.1 Å². The fourth-order valence-corrected chi connectivity index (χ4v) is 4.35. The fraction of sp³-hybridized carbons (Fsp3) is 0.462. The number of amides is 1. The zero-order valence-electron chi connectivity index (χ0n) is 22.2. The lowest BCUT2D eigenvalue weighted by molar-refractivity contribution is -0.143. The van der Waals surface area contributed by atoms with Crippen LogP contribution in [0.25, 0.3) is 11.1 Å². The normalized spacial score (nSPS) is 16.4. The summed E-state index contributed by atoms with van der Waals surface area (Å²) in [5.74, 6) is 0.0923. The van der Waals surface area contributed by atoms with Gasteiger partial charge in [0.05, 0.1) is 23.4 Å². The van der Waals surface area contributed by atoms with E-state index in [1.54, 1.807) is 44.9 Å². The zero-order chi connectivity index (χ0) is 29.5. The number of halogens is 6. The highest BCUT2D eigenvalue weighted by molar-refractivity contribution is 5.68. The number of anilines is 1. The quantitative estimate of drug-likeness (QED) is 0.354. The molecule has 8 nitrogen and oxygen atoms in total. The molecule has 3 aromatic rings. The minimum Gasteiger partial charge on any atom is -0.444 e. The van der Waals surface area contributed by atoms with Gasteiger partial charge in [-0.3, -0.25) is 4.68 Å². The molecule has 2 aromatic heterocycles. The molecule has 0 bridgehead atoms. The Labute approximate surface area is 226 Å². The monoisotopic (exact) mass is 570 g/mol. The number of hydrogen-bond acceptors (Lipinski definition) is 6. The summed E-state index contributed by atoms with van der Waals surface area (Å²) in [6, 6.07) is 0.965. The summed E-state index contributed by atoms with van der Waals surface area (Å²) in [6.07, 6.45) is -3.81. The van der Waals surface area contributed by atoms with Crippen LogP contribution in [0.15, 0.2) is 43.0 Å². The first-order valence-electron chi connectivity index (χ1n) is 12.3. The van der Waals surface area contributed by atoms with Gasteiger partial charge < -0.3 is 14.5 Å². The van der Waals surface area contributed by atoms with Crippen molar-refractivity contribution in [3.8, 4) is 11.1 Å². The third-order valence-corrected chi connectivity index (χ3v) is 6.19. The van der Waals surface area contributed by atoms with Crippen LogP contribution in [0.2, 0.25) is 0 Å². The van der Waals surface area contributed by atoms with Crippen molar-refractivity contribution in [3.05, 3.63) is 59.7 Å². The third-order valence-electron chi connectivity index (χ3n) is 6.19. The van der Waals surface area contributed by atoms with Gasteiger partial charge in [0, 0.05) is 56.4 Å². The van der Waals surface area contributed by atoms with Gasteiger partial charge in [-0.05, 0) is 51.0 Å². The van der Waals surface area contributed by atoms with E-state index in [1.807, 2.05) is 0 Å². The van der Waals surface area contributed by atoms with E-state index in [-0.39, 0.29) is 37.2 Å². The molecule has 3 heterocycles. The highest BCUT2D eigenvalue weighted by Gasteiger charge is 2.38. The van der Waals surface area contributed by atoms with Crippen LogP contribution in [0.5, 0.6) is 0 Å². The largest absolute Gasteiger partial charge is 0.444 e. The Morgan fingerprint density at radius 1 is 0.975 bits per heavy atom. The average Bonchev–Trinajstić information content (AvgIpc) is 3.50. The van der Waals surface area contributed by atoms with Crippen LogP contribution in [0.4, 0.5) is 37.1 Å². The topological polar surface area (TPSA) is 76.4 Å². The molecule has 40 heavy (non-hydrogen) atoms. The summed E-state index contributed by atoms with van der Waals surface area (Å²) in [5, 5.41) is 4.09. The predicted molar refractivity (Wildman–Crippen MR) is 133 cm³/mol. The Morgan fingerprint density at radius 2 is 1.57 bits per heavy atom. The second-order valence-corrected chi connectivity index (χ2v) is 10.6. The molecular formula is C26H28F6N6O2. The maximum absolute atomic E-state index is 13.5. The van der Waals surface area contributed by atoms with Crippen molar-refractivity contribution in [1.82, 2.24) is 24.6 Å². The minimum atomic E-state index is -4.98. The van der Waals surface area contributed by atoms with Gasteiger partial charge >= 0.3 is 18.4 Å². The van der Waals surface area contributed by atoms with Crippen LogP contribution in [0.1, 0.15) is 43.9 Å². The van der Waals surface area contributed by atoms with Gasteiger partial charge in [-0.1, -0.05) is 0 Å². The van der Waals surface area contributed by atoms with Gasteiger partial charge in [0.15, 0.2) is 0 Å². The number of benzene rings is 1. The molecule has 1 saturated heterocycles. The van der Waals surface area contributed by atoms with Crippen molar-refractivity contribution < 1.29 is 35.9 Å². The summed E-state index contributed by atoms with van der Waals surface area (Å²) < 4.78 is 88.1. The molecule has 0 spiro atoms. The van der Waals surface area contributed by atoms with Crippen LogP contribution >= 0.6 is 0 Å². The maximum Gasteiger partial charge on any atom is 0.416 e. The maximum atomic E-state index is 13.5. The molecule has 1 atom stereocenters. The molecule has 1 aromatic carbocycles. The molecule has 0 aliphatic carbocycles. The van der Waals surface area contributed by atoms with Crippen molar-refractivity contribution >= 4 is 12.0 Å². The van der Waals surface area contributed by atoms with E-state index in [1.165, 1.54) is 22.2 Å². The lowest BCUT2D eigenvalue weighted by Gasteiger charge is -2.30. The number of alkyl halides is 6. The summed E-state index contributed by atoms with van der Waals surface area (Å²) in [4.78, 5) is 24.4. The van der Waals surface area contributed by atoms with Gasteiger partial charge in [-0.15, -0.1) is 0 Å². The lowest BCUT2D eigenvalue weighted by Crippen LogP contribution is -2.41. The highest BCUT2D eigenvalue weighted by Crippen LogP contribution is 2.37. The molecular weight excluding hydrogens is 542 g/mol. The van der Waals surface area contributed by atoms with E-state index >= 15 is 0 Å². The second-order valence-electron chi connectivity index (χ2n) is 10.6. The minimum absolute atomic E-state index is 0.0901. The molecule has 0 unspecified atom stereocenters. The van der Waals surface area contributed by atoms with E-state index in [4.69, 9.17) is 4.74 Å². The average molecular weight is 571 g/mol. The molecule has 14 heteroatoms. The first-order valence-corrected chi connectivity index (χ1v) is 12.3. The zero-order valence-corrected chi connectivity index (χ0v) is 22.2. The number of rotatable bonds is 5. The lowest BCUT2D eigenvalue weighted by atomic mass is 10.0. The fourth-order valence-electron chi connectivity index (χ4n) is 4.35. The summed E-state index contributed by atoms with van der Waals surface area (Å²) in [7, 11) is 1.74. The molecule has 0 radical (unpaired) electrons. The van der Waals surface area contributed by atoms with Crippen LogP contribution < -0.4 is 4.90 Å². The number of likely N-dealkylation sites (tertiary alicyclic amines) is 1. The predicted octanol–water partition coefficient (Wildman–Crippen LogP) is 5.93. The molecule has 0 N–H and O–H groups in total. The van der Waals surface area contributed by atoms with E-state index in [2.05, 4.69) is 15.1 Å². The first-order chi connectivity index (χ1) is 18.5. The van der Waals surface area contributed by atoms with Gasteiger partial charge in [0.2, 0.25) is 5.95 Å². The van der Waals surface area contributed by atoms with Crippen molar-refractivity contribution in [2.45, 2.75) is 57.7 Å². The van der Waals surface area contributed by atoms with Gasteiger partial charge in [-0.2, -0.15) is 31.4 Å². The van der Waals surface area contributed by atoms with Crippen molar-refractivity contribution in [2.75, 3.05) is 18.0 Å². The van der Waals surface area contributed by atoms with E-state index in [9.17, 15) is 31.1 Å². The summed E-state index contributed by atoms with van der Waals surface area (Å²) >= 11 is 0. The van der Waals surface area contributed by atoms with Crippen molar-refractivity contribution in [1.29, 1.82) is 0 Å². The Hall–Kier alpha value is -3.84. The Bertz CT molecular complexity index is 1320. The molecule has 0 saturated carbocycles. The van der Waals surface area contributed by atoms with Crippen LogP contribution in [0, 0.1) is 0 Å². The molecule has 1 fully saturated rings. The second kappa shape index (κ2) is 10.6. The standard InChI is InChI=1S/C26H28F6N6O2/c1-24(2,3)40-23(39)37-6-5-21(15-37)38(22-33-10-17(11-34-22)18-12-35-36(4)14-18)13-16-7-19(25(27,28)29)9-20(8-16)26(30,31)32/h7-12,14,21H,5-6,13,15H2,1-4H3/t21-/m0/s1. The Kier molecular flexibility index (Phi) is 7.74. The summed E-state index contributed by atoms with van der Waals surface area (Å²) in [5.41, 5.74) is -2.44. The van der Waals surface area contributed by atoms with Crippen LogP contribution in [0.3, 0.4) is 0 Å². The molecule has 4 rings (SSSR count). The number of carbonyl (C=O) groups excluding carboxylic acids is 1. The van der Waals surface area contributed by atoms with Crippen molar-refractivity contribution in [3.63, 3.8) is 0 Å². The molecule has 1 aliphatic rings. The Morgan fingerprint density at radius 3 is 2.08 bits per heavy atom. The molecule has 1 aliphatic heterocycles. The molecule has 216 valence electrons. The van der Waals surface area contributed by atoms with Gasteiger partial charge in [0.25, 0.3) is 0 Å². The number of hydrogen-bond donors (Lipinski definition) is 0. The number of aryl methyl sites for hydroxylation is 1. The number of ether oxygens (including phenoxy) is 1. The Balaban J connectivity index is 1.69. The number of nitrogens with zero attached hydrogens (tertiary/aromatic N) is 6. The van der Waals surface area contributed by atoms with Gasteiger partial charge in [0.1, 0.15) is 5.60 Å². The summed E-state index contributed by atoms with van der Waals surface area (Å²) in [6.45, 7) is 5.19. The van der Waals surface area contributed by atoms with E-state index in [0.717, 1.165) is 5.56 Å². The third kappa shape index (κ3) is 7.02. The number of carbonyl (C=O) groups is 1. The van der Waals surface area contributed by atoms with Crippen molar-refractivity contribution in [2.24, 2.45) is 7.05 Å². The van der Waals surface area contributed by atoms with Crippen LogP contribution in [-0.2, 0) is 30.7 Å². The molecule has 1 amide bonds. The van der Waals surface area contributed by atoms with E-state index < -0.39 is 41.2 Å². The number of aromatic nitrogens is 4. The SMILES string of the molecule is Cn1cc(-c2cnc(N(Cc3cc(C(F)(F)F)cc(C(F)(F)F)c3)[C@H]3CCN(C(=O)OC(C)(C)C)C3)nc2)cn1. The van der Waals surface area contributed by atoms with Gasteiger partial charge in [-0.25, -0.2) is 14.8 Å². The van der Waals surface area contributed by atoms with Crippen LogP contribution in [-0.4, -0.2) is 55.5 Å². The highest BCUT2D eigenvalue weighted by atomic mass is 19.4.